The van der Waals surface area contributed by atoms with Gasteiger partial charge in [-0.15, -0.1) is 0 Å². The maximum absolute atomic E-state index is 12.2. The van der Waals surface area contributed by atoms with Crippen LogP contribution in [-0.4, -0.2) is 9.13 Å². The molecule has 0 amide bonds. The molecule has 1 aromatic heterocycles. The molecule has 0 aliphatic carbocycles. The Hall–Kier alpha value is -1.81. The molecule has 0 aliphatic heterocycles. The molecule has 0 bridgehead atoms. The predicted molar refractivity (Wildman–Crippen MR) is 80.9 cm³/mol. The lowest BCUT2D eigenvalue weighted by atomic mass is 10.2. The molecule has 0 fully saturated rings. The number of hydrogen-bond acceptors (Lipinski definition) is 2. The van der Waals surface area contributed by atoms with Crippen LogP contribution >= 0.6 is 11.6 Å². The molecule has 0 aliphatic rings. The van der Waals surface area contributed by atoms with Crippen molar-refractivity contribution in [2.24, 2.45) is 5.92 Å². The largest absolute Gasteiger partial charge is 0.320 e. The van der Waals surface area contributed by atoms with Crippen molar-refractivity contribution in [3.05, 3.63) is 61.9 Å². The van der Waals surface area contributed by atoms with Crippen molar-refractivity contribution in [1.82, 2.24) is 9.13 Å². The molecule has 20 heavy (non-hydrogen) atoms. The van der Waals surface area contributed by atoms with Crippen LogP contribution in [-0.2, 0) is 6.54 Å². The highest BCUT2D eigenvalue weighted by Crippen LogP contribution is 2.18. The lowest BCUT2D eigenvalue weighted by Crippen LogP contribution is -2.40. The minimum absolute atomic E-state index is 0.303. The quantitative estimate of drug-likeness (QED) is 0.816. The van der Waals surface area contributed by atoms with Crippen molar-refractivity contribution in [1.29, 1.82) is 0 Å². The highest BCUT2D eigenvalue weighted by atomic mass is 35.5. The SMILES string of the molecule is Cc1ccc(-n2ccn(CC(C)C)c(=O)c2=O)cc1Cl. The Kier molecular flexibility index (Phi) is 4.14. The van der Waals surface area contributed by atoms with Gasteiger partial charge in [-0.25, -0.2) is 0 Å². The average molecular weight is 293 g/mol. The number of nitrogens with zero attached hydrogens (tertiary/aromatic N) is 2. The zero-order valence-electron chi connectivity index (χ0n) is 11.8. The molecular formula is C15H17ClN2O2. The fraction of sp³-hybridized carbons (Fsp3) is 0.333. The minimum atomic E-state index is -0.562. The van der Waals surface area contributed by atoms with Gasteiger partial charge in [-0.3, -0.25) is 14.2 Å². The molecular weight excluding hydrogens is 276 g/mol. The van der Waals surface area contributed by atoms with E-state index < -0.39 is 11.1 Å². The molecule has 1 aromatic carbocycles. The molecule has 0 radical (unpaired) electrons. The summed E-state index contributed by atoms with van der Waals surface area (Å²) in [5.41, 5.74) is 0.446. The number of aromatic nitrogens is 2. The van der Waals surface area contributed by atoms with Gasteiger partial charge < -0.3 is 4.57 Å². The highest BCUT2D eigenvalue weighted by Gasteiger charge is 2.08. The highest BCUT2D eigenvalue weighted by molar-refractivity contribution is 6.31. The van der Waals surface area contributed by atoms with E-state index in [2.05, 4.69) is 0 Å². The average Bonchev–Trinajstić information content (AvgIpc) is 2.38. The van der Waals surface area contributed by atoms with E-state index in [1.165, 1.54) is 9.13 Å². The third-order valence-corrected chi connectivity index (χ3v) is 3.46. The van der Waals surface area contributed by atoms with Crippen LogP contribution in [0.3, 0.4) is 0 Å². The Labute approximate surface area is 122 Å². The van der Waals surface area contributed by atoms with E-state index in [0.717, 1.165) is 5.56 Å². The summed E-state index contributed by atoms with van der Waals surface area (Å²) in [5, 5.41) is 0.570. The number of rotatable bonds is 3. The van der Waals surface area contributed by atoms with E-state index in [9.17, 15) is 9.59 Å². The second-order valence-electron chi connectivity index (χ2n) is 5.26. The standard InChI is InChI=1S/C15H17ClN2O2/c1-10(2)9-17-6-7-18(15(20)14(17)19)12-5-4-11(3)13(16)8-12/h4-8,10H,9H2,1-3H3. The van der Waals surface area contributed by atoms with Crippen molar-refractivity contribution >= 4 is 11.6 Å². The van der Waals surface area contributed by atoms with Crippen LogP contribution in [0.5, 0.6) is 0 Å². The summed E-state index contributed by atoms with van der Waals surface area (Å²) in [4.78, 5) is 24.2. The summed E-state index contributed by atoms with van der Waals surface area (Å²) >= 11 is 6.06. The van der Waals surface area contributed by atoms with Gasteiger partial charge in [-0.2, -0.15) is 0 Å². The first-order valence-corrected chi connectivity index (χ1v) is 6.86. The minimum Gasteiger partial charge on any atom is -0.309 e. The third kappa shape index (κ3) is 2.85. The zero-order chi connectivity index (χ0) is 14.9. The molecule has 0 atom stereocenters. The third-order valence-electron chi connectivity index (χ3n) is 3.05. The molecule has 0 N–H and O–H groups in total. The van der Waals surface area contributed by atoms with Crippen molar-refractivity contribution in [3.63, 3.8) is 0 Å². The Morgan fingerprint density at radius 3 is 2.45 bits per heavy atom. The van der Waals surface area contributed by atoms with Gasteiger partial charge in [0.05, 0.1) is 5.69 Å². The monoisotopic (exact) mass is 292 g/mol. The molecule has 0 saturated carbocycles. The molecule has 0 saturated heterocycles. The normalized spacial score (nSPS) is 11.1. The predicted octanol–water partition coefficient (Wildman–Crippen LogP) is 2.62. The molecule has 106 valence electrons. The Morgan fingerprint density at radius 2 is 1.85 bits per heavy atom. The summed E-state index contributed by atoms with van der Waals surface area (Å²) in [6, 6.07) is 5.28. The second kappa shape index (κ2) is 5.67. The van der Waals surface area contributed by atoms with Crippen LogP contribution in [0, 0.1) is 12.8 Å². The first kappa shape index (κ1) is 14.6. The summed E-state index contributed by atoms with van der Waals surface area (Å²) in [6.45, 7) is 6.41. The van der Waals surface area contributed by atoms with Gasteiger partial charge in [-0.1, -0.05) is 31.5 Å². The Morgan fingerprint density at radius 1 is 1.15 bits per heavy atom. The fourth-order valence-corrected chi connectivity index (χ4v) is 2.16. The summed E-state index contributed by atoms with van der Waals surface area (Å²) in [5.74, 6) is 0.303. The lowest BCUT2D eigenvalue weighted by molar-refractivity contribution is 0.504. The Bertz CT molecular complexity index is 744. The van der Waals surface area contributed by atoms with Crippen LogP contribution in [0.4, 0.5) is 0 Å². The number of hydrogen-bond donors (Lipinski definition) is 0. The first-order valence-electron chi connectivity index (χ1n) is 6.48. The van der Waals surface area contributed by atoms with Gasteiger partial charge in [-0.05, 0) is 30.5 Å². The van der Waals surface area contributed by atoms with E-state index in [0.29, 0.717) is 23.2 Å². The fourth-order valence-electron chi connectivity index (χ4n) is 1.98. The lowest BCUT2D eigenvalue weighted by Gasteiger charge is -2.11. The van der Waals surface area contributed by atoms with Gasteiger partial charge >= 0.3 is 11.1 Å². The van der Waals surface area contributed by atoms with Crippen LogP contribution < -0.4 is 11.1 Å². The van der Waals surface area contributed by atoms with Gasteiger partial charge in [0.1, 0.15) is 0 Å². The van der Waals surface area contributed by atoms with Crippen LogP contribution in [0.25, 0.3) is 5.69 Å². The molecule has 4 nitrogen and oxygen atoms in total. The van der Waals surface area contributed by atoms with E-state index in [1.807, 2.05) is 26.8 Å². The Balaban J connectivity index is 2.54. The molecule has 0 unspecified atom stereocenters. The summed E-state index contributed by atoms with van der Waals surface area (Å²) in [6.07, 6.45) is 3.24. The molecule has 2 aromatic rings. The topological polar surface area (TPSA) is 44.0 Å². The molecule has 1 heterocycles. The van der Waals surface area contributed by atoms with Gasteiger partial charge in [0.25, 0.3) is 0 Å². The van der Waals surface area contributed by atoms with Crippen molar-refractivity contribution < 1.29 is 0 Å². The van der Waals surface area contributed by atoms with Crippen LogP contribution in [0.1, 0.15) is 19.4 Å². The van der Waals surface area contributed by atoms with Crippen molar-refractivity contribution in [3.8, 4) is 5.69 Å². The number of halogens is 1. The summed E-state index contributed by atoms with van der Waals surface area (Å²) in [7, 11) is 0. The number of benzene rings is 1. The second-order valence-corrected chi connectivity index (χ2v) is 5.67. The van der Waals surface area contributed by atoms with E-state index in [-0.39, 0.29) is 0 Å². The van der Waals surface area contributed by atoms with Gasteiger partial charge in [0.2, 0.25) is 0 Å². The van der Waals surface area contributed by atoms with Crippen molar-refractivity contribution in [2.75, 3.05) is 0 Å². The smallest absolute Gasteiger partial charge is 0.309 e. The van der Waals surface area contributed by atoms with E-state index in [1.54, 1.807) is 24.5 Å². The molecule has 0 spiro atoms. The van der Waals surface area contributed by atoms with E-state index >= 15 is 0 Å². The maximum Gasteiger partial charge on any atom is 0.320 e. The number of aryl methyl sites for hydroxylation is 1. The van der Waals surface area contributed by atoms with Gasteiger partial charge in [0.15, 0.2) is 0 Å². The zero-order valence-corrected chi connectivity index (χ0v) is 12.5. The van der Waals surface area contributed by atoms with Crippen molar-refractivity contribution in [2.45, 2.75) is 27.3 Å². The van der Waals surface area contributed by atoms with Crippen LogP contribution in [0.2, 0.25) is 5.02 Å². The maximum atomic E-state index is 12.2. The van der Waals surface area contributed by atoms with Crippen LogP contribution in [0.15, 0.2) is 40.2 Å². The first-order chi connectivity index (χ1) is 9.40. The van der Waals surface area contributed by atoms with Gasteiger partial charge in [0, 0.05) is 24.0 Å². The summed E-state index contributed by atoms with van der Waals surface area (Å²) < 4.78 is 2.77. The molecule has 2 rings (SSSR count). The molecule has 5 heteroatoms. The van der Waals surface area contributed by atoms with E-state index in [4.69, 9.17) is 11.6 Å².